The Morgan fingerprint density at radius 1 is 1.08 bits per heavy atom. The molecule has 0 aliphatic rings. The van der Waals surface area contributed by atoms with Crippen molar-refractivity contribution in [2.45, 2.75) is 18.4 Å². The van der Waals surface area contributed by atoms with Crippen LogP contribution in [0.25, 0.3) is 5.69 Å². The molecule has 0 radical (unpaired) electrons. The number of carbonyl (C=O) groups excluding carboxylic acids is 1. The van der Waals surface area contributed by atoms with Gasteiger partial charge in [0.2, 0.25) is 5.91 Å². The van der Waals surface area contributed by atoms with E-state index in [2.05, 4.69) is 10.3 Å². The van der Waals surface area contributed by atoms with E-state index in [9.17, 15) is 13.2 Å². The molecule has 0 aliphatic carbocycles. The molecule has 8 nitrogen and oxygen atoms in total. The van der Waals surface area contributed by atoms with Crippen molar-refractivity contribution in [1.82, 2.24) is 14.9 Å². The average molecular weight is 525 g/mol. The largest absolute Gasteiger partial charge is 0.495 e. The molecule has 186 valence electrons. The van der Waals surface area contributed by atoms with Crippen LogP contribution in [0, 0.1) is 6.92 Å². The third kappa shape index (κ3) is 5.69. The first-order valence-electron chi connectivity index (χ1n) is 11.0. The van der Waals surface area contributed by atoms with Gasteiger partial charge in [-0.3, -0.25) is 9.10 Å². The highest BCUT2D eigenvalue weighted by atomic mass is 35.5. The highest BCUT2D eigenvalue weighted by Gasteiger charge is 2.29. The van der Waals surface area contributed by atoms with E-state index in [1.807, 2.05) is 42.0 Å². The lowest BCUT2D eigenvalue weighted by Crippen LogP contribution is -2.40. The van der Waals surface area contributed by atoms with Crippen molar-refractivity contribution in [3.8, 4) is 11.4 Å². The summed E-state index contributed by atoms with van der Waals surface area (Å²) in [4.78, 5) is 17.1. The quantitative estimate of drug-likeness (QED) is 0.351. The van der Waals surface area contributed by atoms with E-state index in [4.69, 9.17) is 16.3 Å². The smallest absolute Gasteiger partial charge is 0.264 e. The van der Waals surface area contributed by atoms with Gasteiger partial charge in [-0.1, -0.05) is 41.4 Å². The number of hydrogen-bond acceptors (Lipinski definition) is 5. The number of rotatable bonds is 9. The van der Waals surface area contributed by atoms with Gasteiger partial charge in [-0.2, -0.15) is 0 Å². The fourth-order valence-corrected chi connectivity index (χ4v) is 5.17. The van der Waals surface area contributed by atoms with Crippen molar-refractivity contribution in [2.75, 3.05) is 18.0 Å². The lowest BCUT2D eigenvalue weighted by atomic mass is 10.2. The van der Waals surface area contributed by atoms with Crippen molar-refractivity contribution in [3.63, 3.8) is 0 Å². The minimum absolute atomic E-state index is 0.0537. The van der Waals surface area contributed by atoms with Gasteiger partial charge < -0.3 is 14.6 Å². The van der Waals surface area contributed by atoms with Crippen LogP contribution in [0.1, 0.15) is 11.1 Å². The van der Waals surface area contributed by atoms with E-state index in [0.717, 1.165) is 21.1 Å². The summed E-state index contributed by atoms with van der Waals surface area (Å²) in [5.74, 6) is -0.204. The van der Waals surface area contributed by atoms with Gasteiger partial charge in [-0.15, -0.1) is 0 Å². The maximum Gasteiger partial charge on any atom is 0.264 e. The van der Waals surface area contributed by atoms with Crippen molar-refractivity contribution in [3.05, 3.63) is 102 Å². The van der Waals surface area contributed by atoms with E-state index < -0.39 is 22.5 Å². The van der Waals surface area contributed by atoms with Crippen molar-refractivity contribution < 1.29 is 17.9 Å². The standard InChI is InChI=1S/C26H25ClN4O4S/c1-19-3-10-23(11-4-19)36(33,34)31(24-15-21(27)7-12-25(24)35-2)17-26(32)29-16-20-5-8-22(9-6-20)30-14-13-28-18-30/h3-15,18H,16-17H2,1-2H3,(H,29,32). The van der Waals surface area contributed by atoms with Gasteiger partial charge in [0.1, 0.15) is 12.3 Å². The Kier molecular flexibility index (Phi) is 7.61. The van der Waals surface area contributed by atoms with Crippen molar-refractivity contribution >= 4 is 33.2 Å². The summed E-state index contributed by atoms with van der Waals surface area (Å²) in [5.41, 5.74) is 2.88. The van der Waals surface area contributed by atoms with Crippen LogP contribution in [0.4, 0.5) is 5.69 Å². The third-order valence-corrected chi connectivity index (χ3v) is 7.54. The highest BCUT2D eigenvalue weighted by Crippen LogP contribution is 2.34. The molecule has 1 amide bonds. The molecule has 1 aromatic heterocycles. The summed E-state index contributed by atoms with van der Waals surface area (Å²) in [7, 11) is -2.68. The third-order valence-electron chi connectivity index (χ3n) is 5.53. The van der Waals surface area contributed by atoms with E-state index in [1.54, 1.807) is 36.8 Å². The van der Waals surface area contributed by atoms with E-state index in [1.165, 1.54) is 25.3 Å². The number of anilines is 1. The van der Waals surface area contributed by atoms with Gasteiger partial charge in [-0.25, -0.2) is 13.4 Å². The number of imidazole rings is 1. The van der Waals surface area contributed by atoms with Crippen LogP contribution in [0.3, 0.4) is 0 Å². The molecule has 0 bridgehead atoms. The van der Waals surface area contributed by atoms with Gasteiger partial charge in [0.25, 0.3) is 10.0 Å². The SMILES string of the molecule is COc1ccc(Cl)cc1N(CC(=O)NCc1ccc(-n2ccnc2)cc1)S(=O)(=O)c1ccc(C)cc1. The fourth-order valence-electron chi connectivity index (χ4n) is 3.58. The van der Waals surface area contributed by atoms with Crippen molar-refractivity contribution in [2.24, 2.45) is 0 Å². The number of aryl methyl sites for hydroxylation is 1. The molecule has 10 heteroatoms. The minimum atomic E-state index is -4.10. The van der Waals surface area contributed by atoms with Crippen LogP contribution >= 0.6 is 11.6 Å². The number of benzene rings is 3. The molecule has 4 aromatic rings. The number of carbonyl (C=O) groups is 1. The molecule has 0 fully saturated rings. The molecular formula is C26H25ClN4O4S. The summed E-state index contributed by atoms with van der Waals surface area (Å²) in [5, 5.41) is 3.11. The number of nitrogens with one attached hydrogen (secondary N) is 1. The maximum absolute atomic E-state index is 13.6. The molecule has 0 unspecified atom stereocenters. The highest BCUT2D eigenvalue weighted by molar-refractivity contribution is 7.92. The van der Waals surface area contributed by atoms with E-state index in [-0.39, 0.29) is 22.9 Å². The normalized spacial score (nSPS) is 11.2. The summed E-state index contributed by atoms with van der Waals surface area (Å²) in [6, 6.07) is 18.6. The second-order valence-corrected chi connectivity index (χ2v) is 10.4. The number of ether oxygens (including phenoxy) is 1. The molecule has 0 spiro atoms. The number of nitrogens with zero attached hydrogens (tertiary/aromatic N) is 3. The van der Waals surface area contributed by atoms with Gasteiger partial charge in [0.15, 0.2) is 0 Å². The molecule has 1 N–H and O–H groups in total. The lowest BCUT2D eigenvalue weighted by Gasteiger charge is -2.26. The lowest BCUT2D eigenvalue weighted by molar-refractivity contribution is -0.119. The topological polar surface area (TPSA) is 93.5 Å². The molecule has 0 saturated carbocycles. The predicted molar refractivity (Wildman–Crippen MR) is 139 cm³/mol. The summed E-state index contributed by atoms with van der Waals surface area (Å²) < 4.78 is 35.5. The zero-order chi connectivity index (χ0) is 25.7. The molecule has 1 heterocycles. The van der Waals surface area contributed by atoms with Crippen LogP contribution in [0.2, 0.25) is 5.02 Å². The zero-order valence-electron chi connectivity index (χ0n) is 19.8. The molecule has 0 atom stereocenters. The monoisotopic (exact) mass is 524 g/mol. The molecule has 0 aliphatic heterocycles. The Hall–Kier alpha value is -3.82. The Labute approximate surface area is 215 Å². The van der Waals surface area contributed by atoms with Crippen LogP contribution in [-0.4, -0.2) is 37.5 Å². The van der Waals surface area contributed by atoms with Gasteiger partial charge >= 0.3 is 0 Å². The van der Waals surface area contributed by atoms with Crippen LogP contribution < -0.4 is 14.4 Å². The second-order valence-electron chi connectivity index (χ2n) is 8.05. The first-order chi connectivity index (χ1) is 17.3. The van der Waals surface area contributed by atoms with Crippen molar-refractivity contribution in [1.29, 1.82) is 0 Å². The number of amides is 1. The first kappa shape index (κ1) is 25.3. The van der Waals surface area contributed by atoms with Crippen LogP contribution in [0.5, 0.6) is 5.75 Å². The molecule has 36 heavy (non-hydrogen) atoms. The van der Waals surface area contributed by atoms with Gasteiger partial charge in [0, 0.05) is 29.6 Å². The zero-order valence-corrected chi connectivity index (χ0v) is 21.3. The summed E-state index contributed by atoms with van der Waals surface area (Å²) in [6.07, 6.45) is 5.23. The van der Waals surface area contributed by atoms with Gasteiger partial charge in [0.05, 0.1) is 24.0 Å². The molecule has 0 saturated heterocycles. The summed E-state index contributed by atoms with van der Waals surface area (Å²) >= 11 is 6.18. The van der Waals surface area contributed by atoms with Gasteiger partial charge in [-0.05, 0) is 55.0 Å². The Morgan fingerprint density at radius 3 is 2.44 bits per heavy atom. The molecule has 3 aromatic carbocycles. The number of methoxy groups -OCH3 is 1. The second kappa shape index (κ2) is 10.8. The Morgan fingerprint density at radius 2 is 1.81 bits per heavy atom. The predicted octanol–water partition coefficient (Wildman–Crippen LogP) is 4.35. The number of aromatic nitrogens is 2. The van der Waals surface area contributed by atoms with E-state index >= 15 is 0 Å². The average Bonchev–Trinajstić information content (AvgIpc) is 3.41. The first-order valence-corrected chi connectivity index (χ1v) is 12.9. The Bertz CT molecular complexity index is 1440. The van der Waals surface area contributed by atoms with Crippen LogP contribution in [0.15, 0.2) is 90.3 Å². The number of hydrogen-bond donors (Lipinski definition) is 1. The molecular weight excluding hydrogens is 500 g/mol. The van der Waals surface area contributed by atoms with Crippen LogP contribution in [-0.2, 0) is 21.4 Å². The fraction of sp³-hybridized carbons (Fsp3) is 0.154. The molecule has 4 rings (SSSR count). The summed E-state index contributed by atoms with van der Waals surface area (Å²) in [6.45, 7) is 1.64. The number of halogens is 1. The Balaban J connectivity index is 1.56. The number of sulfonamides is 1. The van der Waals surface area contributed by atoms with E-state index in [0.29, 0.717) is 5.02 Å². The minimum Gasteiger partial charge on any atom is -0.495 e. The maximum atomic E-state index is 13.6.